The average molecular weight is 372 g/mol. The number of pyridine rings is 1. The Labute approximate surface area is 160 Å². The summed E-state index contributed by atoms with van der Waals surface area (Å²) in [5.41, 5.74) is 1.04. The third-order valence-electron chi connectivity index (χ3n) is 3.56. The summed E-state index contributed by atoms with van der Waals surface area (Å²) in [6.45, 7) is 5.73. The summed E-state index contributed by atoms with van der Waals surface area (Å²) in [7, 11) is 3.37. The van der Waals surface area contributed by atoms with Crippen molar-refractivity contribution in [2.24, 2.45) is 4.99 Å². The molecule has 1 aromatic carbocycles. The Morgan fingerprint density at radius 1 is 1.07 bits per heavy atom. The SMILES string of the molecule is CN=C(NCCOc1ccc(OC)cc1)NCc1ccc(OC(C)C)nc1. The zero-order valence-corrected chi connectivity index (χ0v) is 16.4. The molecule has 0 fully saturated rings. The summed E-state index contributed by atoms with van der Waals surface area (Å²) < 4.78 is 16.3. The molecule has 0 atom stereocenters. The van der Waals surface area contributed by atoms with Gasteiger partial charge in [-0.3, -0.25) is 4.99 Å². The molecule has 0 aliphatic carbocycles. The number of guanidine groups is 1. The van der Waals surface area contributed by atoms with E-state index in [0.717, 1.165) is 17.1 Å². The number of aliphatic imine (C=N–C) groups is 1. The molecule has 0 spiro atoms. The zero-order chi connectivity index (χ0) is 19.5. The van der Waals surface area contributed by atoms with Crippen molar-refractivity contribution in [1.82, 2.24) is 15.6 Å². The summed E-state index contributed by atoms with van der Waals surface area (Å²) in [5, 5.41) is 6.46. The molecule has 0 saturated carbocycles. The largest absolute Gasteiger partial charge is 0.497 e. The van der Waals surface area contributed by atoms with Crippen LogP contribution in [0.3, 0.4) is 0 Å². The van der Waals surface area contributed by atoms with Crippen LogP contribution >= 0.6 is 0 Å². The van der Waals surface area contributed by atoms with Gasteiger partial charge in [0.2, 0.25) is 5.88 Å². The third kappa shape index (κ3) is 7.43. The predicted molar refractivity (Wildman–Crippen MR) is 107 cm³/mol. The maximum Gasteiger partial charge on any atom is 0.213 e. The number of aromatic nitrogens is 1. The van der Waals surface area contributed by atoms with Gasteiger partial charge in [0.1, 0.15) is 18.1 Å². The minimum absolute atomic E-state index is 0.115. The van der Waals surface area contributed by atoms with Crippen molar-refractivity contribution in [3.05, 3.63) is 48.2 Å². The molecule has 0 aliphatic rings. The Balaban J connectivity index is 1.69. The number of hydrogen-bond acceptors (Lipinski definition) is 5. The second kappa shape index (κ2) is 10.9. The molecule has 1 aromatic heterocycles. The van der Waals surface area contributed by atoms with Crippen LogP contribution in [-0.2, 0) is 6.54 Å². The standard InChI is InChI=1S/C20H28N4O3/c1-15(2)27-19-10-5-16(13-23-19)14-24-20(21-3)22-11-12-26-18-8-6-17(25-4)7-9-18/h5-10,13,15H,11-12,14H2,1-4H3,(H2,21,22,24). The maximum atomic E-state index is 5.68. The van der Waals surface area contributed by atoms with E-state index in [1.807, 2.05) is 50.2 Å². The molecule has 2 N–H and O–H groups in total. The van der Waals surface area contributed by atoms with Crippen LogP contribution in [0.5, 0.6) is 17.4 Å². The second-order valence-corrected chi connectivity index (χ2v) is 6.05. The highest BCUT2D eigenvalue weighted by Gasteiger charge is 2.02. The molecule has 0 amide bonds. The highest BCUT2D eigenvalue weighted by molar-refractivity contribution is 5.79. The Morgan fingerprint density at radius 2 is 1.81 bits per heavy atom. The smallest absolute Gasteiger partial charge is 0.213 e. The second-order valence-electron chi connectivity index (χ2n) is 6.05. The number of methoxy groups -OCH3 is 1. The van der Waals surface area contributed by atoms with Gasteiger partial charge in [-0.15, -0.1) is 0 Å². The van der Waals surface area contributed by atoms with Gasteiger partial charge < -0.3 is 24.8 Å². The highest BCUT2D eigenvalue weighted by Crippen LogP contribution is 2.16. The summed E-state index contributed by atoms with van der Waals surface area (Å²) >= 11 is 0. The minimum Gasteiger partial charge on any atom is -0.497 e. The first-order valence-electron chi connectivity index (χ1n) is 8.93. The summed E-state index contributed by atoms with van der Waals surface area (Å²) in [4.78, 5) is 8.50. The van der Waals surface area contributed by atoms with Gasteiger partial charge >= 0.3 is 0 Å². The van der Waals surface area contributed by atoms with Crippen molar-refractivity contribution in [3.8, 4) is 17.4 Å². The van der Waals surface area contributed by atoms with E-state index >= 15 is 0 Å². The fraction of sp³-hybridized carbons (Fsp3) is 0.400. The Morgan fingerprint density at radius 3 is 2.41 bits per heavy atom. The van der Waals surface area contributed by atoms with Gasteiger partial charge in [-0.05, 0) is 43.7 Å². The van der Waals surface area contributed by atoms with Crippen molar-refractivity contribution in [3.63, 3.8) is 0 Å². The lowest BCUT2D eigenvalue weighted by atomic mass is 10.3. The van der Waals surface area contributed by atoms with Crippen LogP contribution in [0, 0.1) is 0 Å². The first kappa shape index (κ1) is 20.4. The first-order valence-corrected chi connectivity index (χ1v) is 8.93. The van der Waals surface area contributed by atoms with Crippen LogP contribution in [0.2, 0.25) is 0 Å². The predicted octanol–water partition coefficient (Wildman–Crippen LogP) is 2.62. The van der Waals surface area contributed by atoms with E-state index in [-0.39, 0.29) is 6.10 Å². The lowest BCUT2D eigenvalue weighted by Crippen LogP contribution is -2.38. The van der Waals surface area contributed by atoms with Crippen LogP contribution in [-0.4, -0.2) is 44.4 Å². The number of nitrogens with zero attached hydrogens (tertiary/aromatic N) is 2. The molecule has 0 aliphatic heterocycles. The van der Waals surface area contributed by atoms with E-state index in [0.29, 0.717) is 31.5 Å². The van der Waals surface area contributed by atoms with E-state index in [1.54, 1.807) is 20.4 Å². The Bertz CT molecular complexity index is 700. The maximum absolute atomic E-state index is 5.68. The van der Waals surface area contributed by atoms with E-state index < -0.39 is 0 Å². The third-order valence-corrected chi connectivity index (χ3v) is 3.56. The Kier molecular flexibility index (Phi) is 8.22. The van der Waals surface area contributed by atoms with Crippen LogP contribution in [0.1, 0.15) is 19.4 Å². The lowest BCUT2D eigenvalue weighted by molar-refractivity contribution is 0.232. The van der Waals surface area contributed by atoms with E-state index in [9.17, 15) is 0 Å². The van der Waals surface area contributed by atoms with Gasteiger partial charge in [0.05, 0.1) is 19.8 Å². The van der Waals surface area contributed by atoms with Crippen LogP contribution in [0.4, 0.5) is 0 Å². The quantitative estimate of drug-likeness (QED) is 0.400. The van der Waals surface area contributed by atoms with Gasteiger partial charge in [-0.2, -0.15) is 0 Å². The van der Waals surface area contributed by atoms with Crippen molar-refractivity contribution >= 4 is 5.96 Å². The van der Waals surface area contributed by atoms with Crippen LogP contribution in [0.25, 0.3) is 0 Å². The van der Waals surface area contributed by atoms with Gasteiger partial charge in [-0.1, -0.05) is 6.07 Å². The van der Waals surface area contributed by atoms with Gasteiger partial charge in [-0.25, -0.2) is 4.98 Å². The molecule has 7 nitrogen and oxygen atoms in total. The van der Waals surface area contributed by atoms with Gasteiger partial charge in [0.15, 0.2) is 5.96 Å². The summed E-state index contributed by atoms with van der Waals surface area (Å²) in [6, 6.07) is 11.4. The lowest BCUT2D eigenvalue weighted by Gasteiger charge is -2.13. The zero-order valence-electron chi connectivity index (χ0n) is 16.4. The van der Waals surface area contributed by atoms with E-state index in [2.05, 4.69) is 20.6 Å². The summed E-state index contributed by atoms with van der Waals surface area (Å²) in [5.74, 6) is 2.95. The topological polar surface area (TPSA) is 77.0 Å². The van der Waals surface area contributed by atoms with Crippen molar-refractivity contribution in [2.75, 3.05) is 27.3 Å². The molecule has 1 heterocycles. The average Bonchev–Trinajstić information content (AvgIpc) is 2.68. The molecule has 0 bridgehead atoms. The number of hydrogen-bond donors (Lipinski definition) is 2. The molecule has 0 unspecified atom stereocenters. The number of ether oxygens (including phenoxy) is 3. The van der Waals surface area contributed by atoms with Crippen LogP contribution in [0.15, 0.2) is 47.6 Å². The number of rotatable bonds is 9. The Hall–Kier alpha value is -2.96. The monoisotopic (exact) mass is 372 g/mol. The molecule has 146 valence electrons. The van der Waals surface area contributed by atoms with Gasteiger partial charge in [0.25, 0.3) is 0 Å². The molecule has 0 radical (unpaired) electrons. The highest BCUT2D eigenvalue weighted by atomic mass is 16.5. The summed E-state index contributed by atoms with van der Waals surface area (Å²) in [6.07, 6.45) is 1.91. The van der Waals surface area contributed by atoms with E-state index in [1.165, 1.54) is 0 Å². The number of benzene rings is 1. The normalized spacial score (nSPS) is 11.2. The first-order chi connectivity index (χ1) is 13.1. The fourth-order valence-electron chi connectivity index (χ4n) is 2.24. The molecule has 0 saturated heterocycles. The minimum atomic E-state index is 0.115. The molecule has 27 heavy (non-hydrogen) atoms. The molecular weight excluding hydrogens is 344 g/mol. The fourth-order valence-corrected chi connectivity index (χ4v) is 2.24. The molecule has 7 heteroatoms. The molecular formula is C20H28N4O3. The molecule has 2 aromatic rings. The number of nitrogens with one attached hydrogen (secondary N) is 2. The van der Waals surface area contributed by atoms with Crippen molar-refractivity contribution < 1.29 is 14.2 Å². The van der Waals surface area contributed by atoms with Crippen molar-refractivity contribution in [1.29, 1.82) is 0 Å². The van der Waals surface area contributed by atoms with Crippen molar-refractivity contribution in [2.45, 2.75) is 26.5 Å². The molecule has 2 rings (SSSR count). The van der Waals surface area contributed by atoms with Gasteiger partial charge in [0, 0.05) is 25.9 Å². The van der Waals surface area contributed by atoms with Crippen LogP contribution < -0.4 is 24.8 Å². The van der Waals surface area contributed by atoms with E-state index in [4.69, 9.17) is 14.2 Å².